The van der Waals surface area contributed by atoms with Gasteiger partial charge in [-0.2, -0.15) is 0 Å². The average molecular weight is 432 g/mol. The minimum Gasteiger partial charge on any atom is -0.466 e. The summed E-state index contributed by atoms with van der Waals surface area (Å²) in [5, 5.41) is 4.77. The lowest BCUT2D eigenvalue weighted by Crippen LogP contribution is -2.30. The number of esters is 1. The van der Waals surface area contributed by atoms with Crippen LogP contribution in [0.1, 0.15) is 103 Å². The molecular weight excluding hydrogens is 390 g/mol. The van der Waals surface area contributed by atoms with Crippen LogP contribution in [0.15, 0.2) is 23.9 Å². The Labute approximate surface area is 187 Å². The van der Waals surface area contributed by atoms with Gasteiger partial charge in [0, 0.05) is 24.7 Å². The van der Waals surface area contributed by atoms with Crippen LogP contribution in [0.4, 0.5) is 0 Å². The fraction of sp³-hybridized carbons (Fsp3) is 0.800. The second kappa shape index (κ2) is 13.5. The third-order valence-corrected chi connectivity index (χ3v) is 6.87. The van der Waals surface area contributed by atoms with Crippen LogP contribution in [0.3, 0.4) is 0 Å². The molecule has 6 heteroatoms. The highest BCUT2D eigenvalue weighted by atomic mass is 16.6. The van der Waals surface area contributed by atoms with Crippen LogP contribution in [0.2, 0.25) is 0 Å². The minimum absolute atomic E-state index is 0.124. The third-order valence-electron chi connectivity index (χ3n) is 6.87. The van der Waals surface area contributed by atoms with E-state index >= 15 is 0 Å². The molecule has 0 aromatic carbocycles. The van der Waals surface area contributed by atoms with E-state index in [0.717, 1.165) is 25.2 Å². The van der Waals surface area contributed by atoms with Crippen molar-refractivity contribution in [3.8, 4) is 0 Å². The van der Waals surface area contributed by atoms with Gasteiger partial charge in [-0.3, -0.25) is 4.79 Å². The summed E-state index contributed by atoms with van der Waals surface area (Å²) in [4.78, 5) is 21.7. The fourth-order valence-corrected chi connectivity index (χ4v) is 5.18. The van der Waals surface area contributed by atoms with Gasteiger partial charge in [-0.05, 0) is 44.9 Å². The molecule has 3 rings (SSSR count). The summed E-state index contributed by atoms with van der Waals surface area (Å²) in [6.45, 7) is 2.84. The minimum atomic E-state index is -0.124. The van der Waals surface area contributed by atoms with E-state index < -0.39 is 0 Å². The van der Waals surface area contributed by atoms with Crippen LogP contribution < -0.4 is 0 Å². The van der Waals surface area contributed by atoms with Gasteiger partial charge in [0.25, 0.3) is 0 Å². The monoisotopic (exact) mass is 431 g/mol. The second-order valence-corrected chi connectivity index (χ2v) is 9.21. The van der Waals surface area contributed by atoms with Crippen molar-refractivity contribution < 1.29 is 14.4 Å². The maximum Gasteiger partial charge on any atom is 0.305 e. The van der Waals surface area contributed by atoms with Crippen LogP contribution in [0, 0.1) is 11.8 Å². The van der Waals surface area contributed by atoms with E-state index in [0.29, 0.717) is 25.6 Å². The van der Waals surface area contributed by atoms with Crippen molar-refractivity contribution in [1.82, 2.24) is 9.55 Å². The highest BCUT2D eigenvalue weighted by molar-refractivity contribution is 5.90. The van der Waals surface area contributed by atoms with Crippen molar-refractivity contribution in [3.05, 3.63) is 18.7 Å². The van der Waals surface area contributed by atoms with E-state index in [1.54, 1.807) is 0 Å². The number of ether oxygens (including phenoxy) is 1. The zero-order chi connectivity index (χ0) is 21.7. The maximum atomic E-state index is 11.5. The summed E-state index contributed by atoms with van der Waals surface area (Å²) in [6.07, 6.45) is 22.2. The van der Waals surface area contributed by atoms with E-state index in [2.05, 4.69) is 15.7 Å². The normalized spacial score (nSPS) is 19.8. The number of carbonyl (C=O) groups is 1. The molecule has 1 unspecified atom stereocenters. The van der Waals surface area contributed by atoms with E-state index in [-0.39, 0.29) is 12.0 Å². The van der Waals surface area contributed by atoms with Gasteiger partial charge in [0.05, 0.1) is 24.7 Å². The Bertz CT molecular complexity index is 647. The molecule has 6 nitrogen and oxygen atoms in total. The fourth-order valence-electron chi connectivity index (χ4n) is 5.18. The largest absolute Gasteiger partial charge is 0.466 e. The molecule has 0 amide bonds. The lowest BCUT2D eigenvalue weighted by atomic mass is 9.78. The van der Waals surface area contributed by atoms with Crippen LogP contribution in [-0.4, -0.2) is 34.4 Å². The molecule has 0 spiro atoms. The summed E-state index contributed by atoms with van der Waals surface area (Å²) in [6, 6.07) is 0.244. The summed E-state index contributed by atoms with van der Waals surface area (Å²) in [5.74, 6) is 1.14. The van der Waals surface area contributed by atoms with E-state index in [4.69, 9.17) is 14.7 Å². The van der Waals surface area contributed by atoms with Gasteiger partial charge in [0.2, 0.25) is 0 Å². The molecule has 2 saturated carbocycles. The molecule has 2 aliphatic carbocycles. The van der Waals surface area contributed by atoms with Gasteiger partial charge in [-0.15, -0.1) is 0 Å². The quantitative estimate of drug-likeness (QED) is 0.174. The number of nitrogens with zero attached hydrogens (tertiary/aromatic N) is 3. The Morgan fingerprint density at radius 3 is 2.52 bits per heavy atom. The third kappa shape index (κ3) is 7.97. The lowest BCUT2D eigenvalue weighted by Gasteiger charge is -2.32. The molecule has 1 aromatic heterocycles. The SMILES string of the molecule is CCOC(=O)CCCCO/N=C(\C1CCCCC1)C(CC1CCCCC1)n1ccnc1. The highest BCUT2D eigenvalue weighted by Gasteiger charge is 2.30. The molecule has 174 valence electrons. The topological polar surface area (TPSA) is 65.7 Å². The predicted molar refractivity (Wildman–Crippen MR) is 123 cm³/mol. The highest BCUT2D eigenvalue weighted by Crippen LogP contribution is 2.36. The smallest absolute Gasteiger partial charge is 0.305 e. The number of unbranched alkanes of at least 4 members (excludes halogenated alkanes) is 1. The number of aromatic nitrogens is 2. The number of imidazole rings is 1. The summed E-state index contributed by atoms with van der Waals surface area (Å²) in [5.41, 5.74) is 1.22. The first-order chi connectivity index (χ1) is 15.3. The van der Waals surface area contributed by atoms with Crippen molar-refractivity contribution in [2.45, 2.75) is 103 Å². The van der Waals surface area contributed by atoms with Crippen LogP contribution in [0.25, 0.3) is 0 Å². The first kappa shape index (κ1) is 23.8. The first-order valence-electron chi connectivity index (χ1n) is 12.6. The number of carbonyl (C=O) groups excluding carboxylic acids is 1. The van der Waals surface area contributed by atoms with E-state index in [1.165, 1.54) is 69.9 Å². The molecule has 0 bridgehead atoms. The van der Waals surface area contributed by atoms with Crippen molar-refractivity contribution >= 4 is 11.7 Å². The molecule has 1 heterocycles. The Morgan fingerprint density at radius 1 is 1.10 bits per heavy atom. The molecular formula is C25H41N3O3. The maximum absolute atomic E-state index is 11.5. The number of rotatable bonds is 12. The van der Waals surface area contributed by atoms with Gasteiger partial charge in [-0.25, -0.2) is 4.98 Å². The standard InChI is InChI=1S/C25H41N3O3/c1-2-30-24(29)15-9-10-18-31-27-25(22-13-7-4-8-14-22)23(28-17-16-26-20-28)19-21-11-5-3-6-12-21/h16-17,20-23H,2-15,18-19H2,1H3/b27-25+. The van der Waals surface area contributed by atoms with Crippen LogP contribution >= 0.6 is 0 Å². The Morgan fingerprint density at radius 2 is 1.84 bits per heavy atom. The first-order valence-corrected chi connectivity index (χ1v) is 12.6. The molecule has 0 aliphatic heterocycles. The summed E-state index contributed by atoms with van der Waals surface area (Å²) < 4.78 is 7.25. The Balaban J connectivity index is 1.64. The van der Waals surface area contributed by atoms with Crippen LogP contribution in [0.5, 0.6) is 0 Å². The van der Waals surface area contributed by atoms with Gasteiger partial charge in [0.15, 0.2) is 0 Å². The van der Waals surface area contributed by atoms with Crippen molar-refractivity contribution in [2.75, 3.05) is 13.2 Å². The second-order valence-electron chi connectivity index (χ2n) is 9.21. The molecule has 2 fully saturated rings. The average Bonchev–Trinajstić information content (AvgIpc) is 3.34. The zero-order valence-corrected chi connectivity index (χ0v) is 19.3. The lowest BCUT2D eigenvalue weighted by molar-refractivity contribution is -0.143. The number of hydrogen-bond acceptors (Lipinski definition) is 5. The molecule has 2 aliphatic rings. The van der Waals surface area contributed by atoms with Gasteiger partial charge in [-0.1, -0.05) is 56.5 Å². The van der Waals surface area contributed by atoms with Crippen molar-refractivity contribution in [2.24, 2.45) is 17.0 Å². The van der Waals surface area contributed by atoms with Crippen molar-refractivity contribution in [1.29, 1.82) is 0 Å². The Kier molecular flexibility index (Phi) is 10.4. The number of oxime groups is 1. The van der Waals surface area contributed by atoms with Gasteiger partial charge in [0.1, 0.15) is 6.61 Å². The van der Waals surface area contributed by atoms with Crippen LogP contribution in [-0.2, 0) is 14.4 Å². The Hall–Kier alpha value is -1.85. The summed E-state index contributed by atoms with van der Waals surface area (Å²) >= 11 is 0. The molecule has 0 radical (unpaired) electrons. The molecule has 31 heavy (non-hydrogen) atoms. The molecule has 0 N–H and O–H groups in total. The summed E-state index contributed by atoms with van der Waals surface area (Å²) in [7, 11) is 0. The molecule has 0 saturated heterocycles. The molecule has 1 aromatic rings. The van der Waals surface area contributed by atoms with E-state index in [9.17, 15) is 4.79 Å². The van der Waals surface area contributed by atoms with Crippen molar-refractivity contribution in [3.63, 3.8) is 0 Å². The zero-order valence-electron chi connectivity index (χ0n) is 19.3. The van der Waals surface area contributed by atoms with E-state index in [1.807, 2.05) is 19.4 Å². The van der Waals surface area contributed by atoms with Gasteiger partial charge < -0.3 is 14.1 Å². The number of hydrogen-bond donors (Lipinski definition) is 0. The predicted octanol–water partition coefficient (Wildman–Crippen LogP) is 6.08. The molecule has 1 atom stereocenters. The van der Waals surface area contributed by atoms with Gasteiger partial charge >= 0.3 is 5.97 Å².